The fourth-order valence-electron chi connectivity index (χ4n) is 5.62. The van der Waals surface area contributed by atoms with Crippen LogP contribution in [0.3, 0.4) is 0 Å². The summed E-state index contributed by atoms with van der Waals surface area (Å²) in [4.78, 5) is 0. The Balaban J connectivity index is 1.56. The summed E-state index contributed by atoms with van der Waals surface area (Å²) in [6.07, 6.45) is 7.80. The van der Waals surface area contributed by atoms with E-state index in [1.165, 1.54) is 18.3 Å². The second kappa shape index (κ2) is 2.87. The lowest BCUT2D eigenvalue weighted by Crippen LogP contribution is -2.35. The monoisotopic (exact) mass is 218 g/mol. The van der Waals surface area contributed by atoms with Crippen LogP contribution in [0.25, 0.3) is 0 Å². The zero-order valence-electron chi connectivity index (χ0n) is 11.1. The summed E-state index contributed by atoms with van der Waals surface area (Å²) < 4.78 is 0. The first-order valence-electron chi connectivity index (χ1n) is 7.61. The van der Waals surface area contributed by atoms with E-state index in [4.69, 9.17) is 0 Å². The van der Waals surface area contributed by atoms with Crippen LogP contribution in [0.15, 0.2) is 0 Å². The Morgan fingerprint density at radius 2 is 1.75 bits per heavy atom. The standard InChI is InChI=1S/C16H26/c1-9-6-10(2)14(11-4-5-11)12(7-9)15-13-8-16(13,15)3/h9-15H,4-8H2,1-3H3. The van der Waals surface area contributed by atoms with Crippen LogP contribution < -0.4 is 0 Å². The van der Waals surface area contributed by atoms with Gasteiger partial charge in [-0.3, -0.25) is 0 Å². The quantitative estimate of drug-likeness (QED) is 0.646. The van der Waals surface area contributed by atoms with Crippen molar-refractivity contribution in [2.45, 2.75) is 52.9 Å². The topological polar surface area (TPSA) is 0 Å². The number of rotatable bonds is 2. The fraction of sp³-hybridized carbons (Fsp3) is 1.00. The minimum Gasteiger partial charge on any atom is -0.0625 e. The van der Waals surface area contributed by atoms with E-state index in [-0.39, 0.29) is 0 Å². The zero-order valence-corrected chi connectivity index (χ0v) is 11.1. The van der Waals surface area contributed by atoms with Crippen molar-refractivity contribution in [1.82, 2.24) is 0 Å². The Kier molecular flexibility index (Phi) is 1.79. The van der Waals surface area contributed by atoms with Crippen LogP contribution in [0.4, 0.5) is 0 Å². The van der Waals surface area contributed by atoms with E-state index in [1.54, 1.807) is 25.7 Å². The summed E-state index contributed by atoms with van der Waals surface area (Å²) in [5.74, 6) is 7.81. The number of hydrogen-bond donors (Lipinski definition) is 0. The van der Waals surface area contributed by atoms with Crippen LogP contribution in [0.5, 0.6) is 0 Å². The van der Waals surface area contributed by atoms with Gasteiger partial charge >= 0.3 is 0 Å². The van der Waals surface area contributed by atoms with Gasteiger partial charge in [-0.15, -0.1) is 0 Å². The summed E-state index contributed by atoms with van der Waals surface area (Å²) in [6.45, 7) is 7.63. The molecule has 0 aromatic heterocycles. The molecule has 4 aliphatic rings. The molecule has 16 heavy (non-hydrogen) atoms. The van der Waals surface area contributed by atoms with E-state index in [0.717, 1.165) is 35.0 Å². The Hall–Kier alpha value is 0. The van der Waals surface area contributed by atoms with Crippen molar-refractivity contribution in [3.8, 4) is 0 Å². The van der Waals surface area contributed by atoms with Crippen molar-refractivity contribution in [2.24, 2.45) is 46.8 Å². The third-order valence-electron chi connectivity index (χ3n) is 6.66. The molecule has 0 heterocycles. The smallest absolute Gasteiger partial charge is 0.0258 e. The van der Waals surface area contributed by atoms with Crippen LogP contribution in [0, 0.1) is 46.8 Å². The van der Waals surface area contributed by atoms with Gasteiger partial charge < -0.3 is 0 Å². The minimum atomic E-state index is 0.856. The fourth-order valence-corrected chi connectivity index (χ4v) is 5.62. The maximum Gasteiger partial charge on any atom is -0.0258 e. The van der Waals surface area contributed by atoms with Crippen LogP contribution in [-0.2, 0) is 0 Å². The number of hydrogen-bond acceptors (Lipinski definition) is 0. The molecule has 0 N–H and O–H groups in total. The molecule has 0 spiro atoms. The Labute approximate surface area is 100 Å². The van der Waals surface area contributed by atoms with Gasteiger partial charge in [-0.1, -0.05) is 20.8 Å². The van der Waals surface area contributed by atoms with E-state index < -0.39 is 0 Å². The molecule has 4 rings (SSSR count). The SMILES string of the molecule is CC1CC(C)C(C2CC2)C(C2C3CC32C)C1. The lowest BCUT2D eigenvalue weighted by molar-refractivity contribution is 0.0684. The Morgan fingerprint density at radius 3 is 2.25 bits per heavy atom. The number of fused-ring (bicyclic) bond motifs is 1. The molecule has 4 saturated carbocycles. The molecular formula is C16H26. The molecule has 7 atom stereocenters. The van der Waals surface area contributed by atoms with Crippen molar-refractivity contribution in [3.05, 3.63) is 0 Å². The molecule has 0 aromatic carbocycles. The van der Waals surface area contributed by atoms with Crippen LogP contribution >= 0.6 is 0 Å². The van der Waals surface area contributed by atoms with Gasteiger partial charge in [-0.25, -0.2) is 0 Å². The molecule has 7 unspecified atom stereocenters. The van der Waals surface area contributed by atoms with E-state index in [1.807, 2.05) is 0 Å². The van der Waals surface area contributed by atoms with Crippen molar-refractivity contribution in [3.63, 3.8) is 0 Å². The lowest BCUT2D eigenvalue weighted by atomic mass is 9.63. The van der Waals surface area contributed by atoms with Crippen molar-refractivity contribution < 1.29 is 0 Å². The Bertz CT molecular complexity index is 316. The van der Waals surface area contributed by atoms with Crippen molar-refractivity contribution in [2.75, 3.05) is 0 Å². The highest BCUT2D eigenvalue weighted by molar-refractivity contribution is 5.25. The molecule has 0 aromatic rings. The predicted molar refractivity (Wildman–Crippen MR) is 67.0 cm³/mol. The minimum absolute atomic E-state index is 0.856. The summed E-state index contributed by atoms with van der Waals surface area (Å²) in [7, 11) is 0. The highest BCUT2D eigenvalue weighted by Gasteiger charge is 2.77. The summed E-state index contributed by atoms with van der Waals surface area (Å²) in [5, 5.41) is 0. The predicted octanol–water partition coefficient (Wildman–Crippen LogP) is 4.35. The van der Waals surface area contributed by atoms with E-state index >= 15 is 0 Å². The highest BCUT2D eigenvalue weighted by atomic mass is 14.8. The maximum absolute atomic E-state index is 2.57. The Morgan fingerprint density at radius 1 is 1.06 bits per heavy atom. The molecule has 0 radical (unpaired) electrons. The van der Waals surface area contributed by atoms with Gasteiger partial charge in [0.15, 0.2) is 0 Å². The van der Waals surface area contributed by atoms with Gasteiger partial charge in [0.05, 0.1) is 0 Å². The van der Waals surface area contributed by atoms with E-state index in [9.17, 15) is 0 Å². The zero-order chi connectivity index (χ0) is 11.1. The molecule has 0 nitrogen and oxygen atoms in total. The molecule has 0 saturated heterocycles. The summed E-state index contributed by atoms with van der Waals surface area (Å²) >= 11 is 0. The lowest BCUT2D eigenvalue weighted by Gasteiger charge is -2.42. The van der Waals surface area contributed by atoms with Crippen LogP contribution in [0.2, 0.25) is 0 Å². The molecule has 0 heteroatoms. The van der Waals surface area contributed by atoms with Gasteiger partial charge in [0, 0.05) is 0 Å². The molecular weight excluding hydrogens is 192 g/mol. The first-order chi connectivity index (χ1) is 7.61. The molecule has 0 bridgehead atoms. The molecule has 4 aliphatic carbocycles. The average molecular weight is 218 g/mol. The third kappa shape index (κ3) is 1.22. The van der Waals surface area contributed by atoms with Gasteiger partial charge in [0.2, 0.25) is 0 Å². The van der Waals surface area contributed by atoms with Gasteiger partial charge in [-0.05, 0) is 78.9 Å². The first-order valence-corrected chi connectivity index (χ1v) is 7.61. The molecule has 0 aliphatic heterocycles. The summed E-state index contributed by atoms with van der Waals surface area (Å²) in [6, 6.07) is 0. The van der Waals surface area contributed by atoms with Crippen molar-refractivity contribution >= 4 is 0 Å². The second-order valence-electron chi connectivity index (χ2n) is 7.97. The second-order valence-corrected chi connectivity index (χ2v) is 7.97. The van der Waals surface area contributed by atoms with Crippen LogP contribution in [0.1, 0.15) is 52.9 Å². The maximum atomic E-state index is 2.57. The van der Waals surface area contributed by atoms with Crippen molar-refractivity contribution in [1.29, 1.82) is 0 Å². The first kappa shape index (κ1) is 9.97. The average Bonchev–Trinajstić information content (AvgIpc) is 3.00. The largest absolute Gasteiger partial charge is 0.0625 e. The normalized spacial score (nSPS) is 63.9. The van der Waals surface area contributed by atoms with Gasteiger partial charge in [0.1, 0.15) is 0 Å². The molecule has 0 amide bonds. The van der Waals surface area contributed by atoms with E-state index in [0.29, 0.717) is 0 Å². The molecule has 90 valence electrons. The van der Waals surface area contributed by atoms with Gasteiger partial charge in [-0.2, -0.15) is 0 Å². The summed E-state index contributed by atoms with van der Waals surface area (Å²) in [5.41, 5.74) is 0.856. The van der Waals surface area contributed by atoms with E-state index in [2.05, 4.69) is 20.8 Å². The molecule has 4 fully saturated rings. The van der Waals surface area contributed by atoms with Gasteiger partial charge in [0.25, 0.3) is 0 Å². The third-order valence-corrected chi connectivity index (χ3v) is 6.66. The highest BCUT2D eigenvalue weighted by Crippen LogP contribution is 2.83. The van der Waals surface area contributed by atoms with Crippen LogP contribution in [-0.4, -0.2) is 0 Å².